The lowest BCUT2D eigenvalue weighted by molar-refractivity contribution is -0.384. The zero-order valence-electron chi connectivity index (χ0n) is 11.4. The maximum absolute atomic E-state index is 10.8. The topological polar surface area (TPSA) is 82.2 Å². The van der Waals surface area contributed by atoms with Crippen molar-refractivity contribution < 1.29 is 9.66 Å². The van der Waals surface area contributed by atoms with Gasteiger partial charge in [0.05, 0.1) is 4.92 Å². The molecule has 1 aromatic heterocycles. The molecule has 0 saturated carbocycles. The van der Waals surface area contributed by atoms with Crippen molar-refractivity contribution in [1.82, 2.24) is 14.9 Å². The van der Waals surface area contributed by atoms with E-state index in [4.69, 9.17) is 4.74 Å². The van der Waals surface area contributed by atoms with Crippen LogP contribution in [0.1, 0.15) is 11.4 Å². The molecule has 1 N–H and O–H groups in total. The molecule has 0 spiro atoms. The molecular weight excluding hydrogens is 260 g/mol. The molecule has 0 unspecified atom stereocenters. The Morgan fingerprint density at radius 1 is 1.50 bits per heavy atom. The van der Waals surface area contributed by atoms with Gasteiger partial charge in [-0.25, -0.2) is 4.98 Å². The molecule has 0 saturated heterocycles. The van der Waals surface area contributed by atoms with Crippen molar-refractivity contribution in [3.63, 3.8) is 0 Å². The van der Waals surface area contributed by atoms with Gasteiger partial charge in [-0.2, -0.15) is 0 Å². The van der Waals surface area contributed by atoms with Gasteiger partial charge in [0.1, 0.15) is 18.2 Å². The number of ether oxygens (including phenoxy) is 1. The Kier molecular flexibility index (Phi) is 4.31. The van der Waals surface area contributed by atoms with Crippen LogP contribution < -0.4 is 10.1 Å². The van der Waals surface area contributed by atoms with Crippen molar-refractivity contribution >= 4 is 5.69 Å². The lowest BCUT2D eigenvalue weighted by Gasteiger charge is -2.11. The predicted octanol–water partition coefficient (Wildman–Crippen LogP) is 1.63. The molecule has 0 fully saturated rings. The highest BCUT2D eigenvalue weighted by Crippen LogP contribution is 2.24. The summed E-state index contributed by atoms with van der Waals surface area (Å²) in [5.41, 5.74) is 0.801. The summed E-state index contributed by atoms with van der Waals surface area (Å²) in [7, 11) is 3.66. The minimum Gasteiger partial charge on any atom is -0.485 e. The number of nitro groups is 1. The fourth-order valence-electron chi connectivity index (χ4n) is 1.83. The Balaban J connectivity index is 2.17. The van der Waals surface area contributed by atoms with E-state index < -0.39 is 4.92 Å². The first-order valence-corrected chi connectivity index (χ1v) is 6.12. The van der Waals surface area contributed by atoms with E-state index in [9.17, 15) is 10.1 Å². The summed E-state index contributed by atoms with van der Waals surface area (Å²) in [5.74, 6) is 1.41. The highest BCUT2D eigenvalue weighted by atomic mass is 16.6. The van der Waals surface area contributed by atoms with E-state index in [1.807, 2.05) is 17.8 Å². The summed E-state index contributed by atoms with van der Waals surface area (Å²) in [4.78, 5) is 14.5. The van der Waals surface area contributed by atoms with Crippen LogP contribution in [-0.2, 0) is 20.2 Å². The molecule has 1 heterocycles. The maximum atomic E-state index is 10.8. The molecule has 7 nitrogen and oxygen atoms in total. The quantitative estimate of drug-likeness (QED) is 0.640. The van der Waals surface area contributed by atoms with Gasteiger partial charge in [-0.15, -0.1) is 0 Å². The van der Waals surface area contributed by atoms with Gasteiger partial charge in [0.15, 0.2) is 0 Å². The maximum Gasteiger partial charge on any atom is 0.270 e. The fraction of sp³-hybridized carbons (Fsp3) is 0.308. The minimum absolute atomic E-state index is 0.0552. The number of imidazole rings is 1. The number of nitrogens with zero attached hydrogens (tertiary/aromatic N) is 3. The third kappa shape index (κ3) is 3.12. The van der Waals surface area contributed by atoms with Gasteiger partial charge >= 0.3 is 0 Å². The van der Waals surface area contributed by atoms with Gasteiger partial charge in [0.2, 0.25) is 0 Å². The Morgan fingerprint density at radius 2 is 2.30 bits per heavy atom. The smallest absolute Gasteiger partial charge is 0.270 e. The number of non-ortho nitro benzene ring substituents is 1. The highest BCUT2D eigenvalue weighted by Gasteiger charge is 2.12. The third-order valence-corrected chi connectivity index (χ3v) is 2.90. The number of hydrogen-bond acceptors (Lipinski definition) is 5. The number of hydrogen-bond donors (Lipinski definition) is 1. The Morgan fingerprint density at radius 3 is 2.90 bits per heavy atom. The molecule has 0 aliphatic rings. The van der Waals surface area contributed by atoms with E-state index >= 15 is 0 Å². The number of aromatic nitrogens is 2. The van der Waals surface area contributed by atoms with Crippen molar-refractivity contribution in [2.45, 2.75) is 13.2 Å². The molecule has 0 amide bonds. The molecular formula is C13H16N4O3. The zero-order chi connectivity index (χ0) is 14.5. The van der Waals surface area contributed by atoms with Crippen LogP contribution in [0.5, 0.6) is 5.75 Å². The minimum atomic E-state index is -0.415. The monoisotopic (exact) mass is 276 g/mol. The number of benzene rings is 1. The van der Waals surface area contributed by atoms with Crippen LogP contribution in [0.2, 0.25) is 0 Å². The number of rotatable bonds is 6. The summed E-state index contributed by atoms with van der Waals surface area (Å²) >= 11 is 0. The second-order valence-corrected chi connectivity index (χ2v) is 4.32. The second kappa shape index (κ2) is 6.16. The highest BCUT2D eigenvalue weighted by molar-refractivity contribution is 5.43. The first-order valence-electron chi connectivity index (χ1n) is 6.12. The Bertz CT molecular complexity index is 609. The SMILES string of the molecule is CNCc1cc([N+](=O)[O-])ccc1OCc1nccn1C. The molecule has 2 rings (SSSR count). The van der Waals surface area contributed by atoms with Crippen LogP contribution in [0, 0.1) is 10.1 Å². The molecule has 2 aromatic rings. The second-order valence-electron chi connectivity index (χ2n) is 4.32. The molecule has 7 heteroatoms. The van der Waals surface area contributed by atoms with Gasteiger partial charge in [-0.3, -0.25) is 10.1 Å². The Labute approximate surface area is 116 Å². The molecule has 0 aliphatic heterocycles. The first kappa shape index (κ1) is 14.0. The average Bonchev–Trinajstić information content (AvgIpc) is 2.83. The van der Waals surface area contributed by atoms with Gasteiger partial charge in [0.25, 0.3) is 5.69 Å². The van der Waals surface area contributed by atoms with Crippen molar-refractivity contribution in [1.29, 1.82) is 0 Å². The summed E-state index contributed by atoms with van der Waals surface area (Å²) in [6.45, 7) is 0.815. The van der Waals surface area contributed by atoms with Gasteiger partial charge in [0, 0.05) is 43.7 Å². The van der Waals surface area contributed by atoms with E-state index in [0.717, 1.165) is 11.4 Å². The van der Waals surface area contributed by atoms with Crippen LogP contribution in [0.3, 0.4) is 0 Å². The fourth-order valence-corrected chi connectivity index (χ4v) is 1.83. The van der Waals surface area contributed by atoms with E-state index in [-0.39, 0.29) is 5.69 Å². The average molecular weight is 276 g/mol. The predicted molar refractivity (Wildman–Crippen MR) is 73.4 cm³/mol. The van der Waals surface area contributed by atoms with E-state index in [1.54, 1.807) is 19.3 Å². The summed E-state index contributed by atoms with van der Waals surface area (Å²) in [5, 5.41) is 13.8. The molecule has 0 radical (unpaired) electrons. The third-order valence-electron chi connectivity index (χ3n) is 2.90. The van der Waals surface area contributed by atoms with Crippen molar-refractivity contribution in [2.75, 3.05) is 7.05 Å². The van der Waals surface area contributed by atoms with Crippen molar-refractivity contribution in [2.24, 2.45) is 7.05 Å². The van der Waals surface area contributed by atoms with Crippen LogP contribution in [0.4, 0.5) is 5.69 Å². The number of aryl methyl sites for hydroxylation is 1. The van der Waals surface area contributed by atoms with E-state index in [0.29, 0.717) is 18.9 Å². The zero-order valence-corrected chi connectivity index (χ0v) is 11.4. The lowest BCUT2D eigenvalue weighted by Crippen LogP contribution is -2.09. The van der Waals surface area contributed by atoms with Crippen molar-refractivity contribution in [3.05, 3.63) is 52.1 Å². The molecule has 1 aromatic carbocycles. The van der Waals surface area contributed by atoms with Gasteiger partial charge in [-0.1, -0.05) is 0 Å². The van der Waals surface area contributed by atoms with Crippen LogP contribution in [0.25, 0.3) is 0 Å². The molecule has 106 valence electrons. The summed E-state index contributed by atoms with van der Waals surface area (Å²) < 4.78 is 7.57. The normalized spacial score (nSPS) is 10.5. The molecule has 0 aliphatic carbocycles. The number of nitro benzene ring substituents is 1. The lowest BCUT2D eigenvalue weighted by atomic mass is 10.2. The van der Waals surface area contributed by atoms with Gasteiger partial charge < -0.3 is 14.6 Å². The summed E-state index contributed by atoms with van der Waals surface area (Å²) in [6.07, 6.45) is 3.53. The summed E-state index contributed by atoms with van der Waals surface area (Å²) in [6, 6.07) is 4.57. The van der Waals surface area contributed by atoms with Gasteiger partial charge in [-0.05, 0) is 13.1 Å². The standard InChI is InChI=1S/C13H16N4O3/c1-14-8-10-7-11(17(18)19)3-4-12(10)20-9-13-15-5-6-16(13)2/h3-7,14H,8-9H2,1-2H3. The van der Waals surface area contributed by atoms with Crippen LogP contribution in [0.15, 0.2) is 30.6 Å². The van der Waals surface area contributed by atoms with Crippen molar-refractivity contribution in [3.8, 4) is 5.75 Å². The molecule has 20 heavy (non-hydrogen) atoms. The first-order chi connectivity index (χ1) is 9.61. The molecule has 0 atom stereocenters. The van der Waals surface area contributed by atoms with Crippen LogP contribution in [-0.4, -0.2) is 21.5 Å². The largest absolute Gasteiger partial charge is 0.485 e. The van der Waals surface area contributed by atoms with Crippen LogP contribution >= 0.6 is 0 Å². The number of nitrogens with one attached hydrogen (secondary N) is 1. The van der Waals surface area contributed by atoms with E-state index in [1.165, 1.54) is 12.1 Å². The Hall–Kier alpha value is -2.41. The molecule has 0 bridgehead atoms. The van der Waals surface area contributed by atoms with E-state index in [2.05, 4.69) is 10.3 Å².